The first-order valence-corrected chi connectivity index (χ1v) is 9.66. The van der Waals surface area contributed by atoms with Gasteiger partial charge in [-0.3, -0.25) is 9.79 Å². The van der Waals surface area contributed by atoms with Crippen LogP contribution in [0, 0.1) is 5.82 Å². The second kappa shape index (κ2) is 12.2. The van der Waals surface area contributed by atoms with E-state index in [4.69, 9.17) is 0 Å². The summed E-state index contributed by atoms with van der Waals surface area (Å²) in [4.78, 5) is 19.4. The van der Waals surface area contributed by atoms with Crippen molar-refractivity contribution in [3.63, 3.8) is 0 Å². The standard InChI is InChI=1S/C22H26FN5O.HI/c1-24-22(26-11-10-17-15-28-20-5-3-2-4-19(17)20)27-13-12-25-21(29)14-16-6-8-18(23)9-7-16;/h2-9,15,28H,10-14H2,1H3,(H,25,29)(H2,24,26,27);1H. The number of aromatic nitrogens is 1. The van der Waals surface area contributed by atoms with E-state index < -0.39 is 0 Å². The van der Waals surface area contributed by atoms with Crippen molar-refractivity contribution in [3.8, 4) is 0 Å². The van der Waals surface area contributed by atoms with Crippen LogP contribution in [0.2, 0.25) is 0 Å². The van der Waals surface area contributed by atoms with E-state index in [2.05, 4.69) is 38.1 Å². The smallest absolute Gasteiger partial charge is 0.224 e. The van der Waals surface area contributed by atoms with Crippen LogP contribution in [0.15, 0.2) is 59.7 Å². The van der Waals surface area contributed by atoms with Crippen molar-refractivity contribution in [3.05, 3.63) is 71.7 Å². The van der Waals surface area contributed by atoms with Crippen molar-refractivity contribution in [1.82, 2.24) is 20.9 Å². The molecule has 1 heterocycles. The Morgan fingerprint density at radius 3 is 2.47 bits per heavy atom. The molecular formula is C22H27FIN5O. The number of amides is 1. The topological polar surface area (TPSA) is 81.3 Å². The average molecular weight is 523 g/mol. The molecule has 0 unspecified atom stereocenters. The van der Waals surface area contributed by atoms with Crippen LogP contribution in [-0.2, 0) is 17.6 Å². The highest BCUT2D eigenvalue weighted by molar-refractivity contribution is 14.0. The monoisotopic (exact) mass is 523 g/mol. The van der Waals surface area contributed by atoms with Crippen LogP contribution >= 0.6 is 24.0 Å². The fourth-order valence-electron chi connectivity index (χ4n) is 3.11. The van der Waals surface area contributed by atoms with E-state index in [9.17, 15) is 9.18 Å². The molecule has 0 spiro atoms. The van der Waals surface area contributed by atoms with Crippen LogP contribution in [0.5, 0.6) is 0 Å². The van der Waals surface area contributed by atoms with E-state index in [0.717, 1.165) is 24.0 Å². The predicted molar refractivity (Wildman–Crippen MR) is 130 cm³/mol. The van der Waals surface area contributed by atoms with Gasteiger partial charge in [0.15, 0.2) is 5.96 Å². The Bertz CT molecular complexity index is 971. The van der Waals surface area contributed by atoms with Gasteiger partial charge >= 0.3 is 0 Å². The second-order valence-corrected chi connectivity index (χ2v) is 6.69. The van der Waals surface area contributed by atoms with Gasteiger partial charge in [0.05, 0.1) is 6.42 Å². The SMILES string of the molecule is CN=C(NCCNC(=O)Cc1ccc(F)cc1)NCCc1c[nH]c2ccccc12.I. The zero-order valence-electron chi connectivity index (χ0n) is 16.9. The Hall–Kier alpha value is -2.62. The van der Waals surface area contributed by atoms with E-state index in [-0.39, 0.29) is 42.1 Å². The van der Waals surface area contributed by atoms with Crippen molar-refractivity contribution in [1.29, 1.82) is 0 Å². The van der Waals surface area contributed by atoms with Crippen LogP contribution in [0.25, 0.3) is 10.9 Å². The van der Waals surface area contributed by atoms with Crippen molar-refractivity contribution in [2.75, 3.05) is 26.7 Å². The molecule has 1 amide bonds. The fourth-order valence-corrected chi connectivity index (χ4v) is 3.11. The summed E-state index contributed by atoms with van der Waals surface area (Å²) in [5, 5.41) is 10.5. The molecule has 1 aromatic heterocycles. The molecule has 0 fully saturated rings. The maximum absolute atomic E-state index is 12.9. The summed E-state index contributed by atoms with van der Waals surface area (Å²) in [5.41, 5.74) is 3.18. The predicted octanol–water partition coefficient (Wildman–Crippen LogP) is 2.99. The van der Waals surface area contributed by atoms with Gasteiger partial charge < -0.3 is 20.9 Å². The highest BCUT2D eigenvalue weighted by Gasteiger charge is 2.05. The summed E-state index contributed by atoms with van der Waals surface area (Å²) < 4.78 is 12.9. The van der Waals surface area contributed by atoms with Crippen LogP contribution in [0.1, 0.15) is 11.1 Å². The number of halogens is 2. The molecule has 0 saturated carbocycles. The lowest BCUT2D eigenvalue weighted by Crippen LogP contribution is -2.42. The summed E-state index contributed by atoms with van der Waals surface area (Å²) in [5.74, 6) is 0.292. The first-order chi connectivity index (χ1) is 14.2. The molecule has 0 aliphatic rings. The van der Waals surface area contributed by atoms with Crippen LogP contribution in [0.4, 0.5) is 4.39 Å². The van der Waals surface area contributed by atoms with Gasteiger partial charge in [0.2, 0.25) is 5.91 Å². The molecule has 160 valence electrons. The zero-order valence-corrected chi connectivity index (χ0v) is 19.2. The van der Waals surface area contributed by atoms with Gasteiger partial charge in [0.25, 0.3) is 0 Å². The Kier molecular flexibility index (Phi) is 9.59. The third-order valence-corrected chi connectivity index (χ3v) is 4.60. The minimum absolute atomic E-state index is 0. The normalized spacial score (nSPS) is 11.1. The number of fused-ring (bicyclic) bond motifs is 1. The van der Waals surface area contributed by atoms with E-state index in [1.807, 2.05) is 18.3 Å². The van der Waals surface area contributed by atoms with Gasteiger partial charge in [-0.15, -0.1) is 24.0 Å². The minimum Gasteiger partial charge on any atom is -0.361 e. The van der Waals surface area contributed by atoms with Crippen LogP contribution in [-0.4, -0.2) is 43.5 Å². The van der Waals surface area contributed by atoms with Gasteiger partial charge in [-0.2, -0.15) is 0 Å². The quantitative estimate of drug-likeness (QED) is 0.159. The molecule has 0 aliphatic heterocycles. The van der Waals surface area contributed by atoms with E-state index in [1.165, 1.54) is 23.1 Å². The number of carbonyl (C=O) groups excluding carboxylic acids is 1. The number of hydrogen-bond donors (Lipinski definition) is 4. The van der Waals surface area contributed by atoms with E-state index >= 15 is 0 Å². The van der Waals surface area contributed by atoms with Gasteiger partial charge in [0.1, 0.15) is 5.82 Å². The number of para-hydroxylation sites is 1. The number of H-pyrrole nitrogens is 1. The molecule has 30 heavy (non-hydrogen) atoms. The first kappa shape index (κ1) is 23.7. The molecule has 3 rings (SSSR count). The number of carbonyl (C=O) groups is 1. The third-order valence-electron chi connectivity index (χ3n) is 4.60. The molecule has 2 aromatic carbocycles. The van der Waals surface area contributed by atoms with E-state index in [1.54, 1.807) is 19.2 Å². The average Bonchev–Trinajstić information content (AvgIpc) is 3.14. The Morgan fingerprint density at radius 2 is 1.70 bits per heavy atom. The summed E-state index contributed by atoms with van der Waals surface area (Å²) in [6.07, 6.45) is 3.15. The summed E-state index contributed by atoms with van der Waals surface area (Å²) >= 11 is 0. The van der Waals surface area contributed by atoms with Gasteiger partial charge in [-0.05, 0) is 35.7 Å². The molecule has 6 nitrogen and oxygen atoms in total. The van der Waals surface area contributed by atoms with Crippen molar-refractivity contribution < 1.29 is 9.18 Å². The number of aliphatic imine (C=N–C) groups is 1. The molecule has 0 aliphatic carbocycles. The number of guanidine groups is 1. The molecule has 8 heteroatoms. The lowest BCUT2D eigenvalue weighted by Gasteiger charge is -2.12. The number of nitrogens with zero attached hydrogens (tertiary/aromatic N) is 1. The van der Waals surface area contributed by atoms with Crippen molar-refractivity contribution in [2.45, 2.75) is 12.8 Å². The van der Waals surface area contributed by atoms with Crippen LogP contribution < -0.4 is 16.0 Å². The van der Waals surface area contributed by atoms with E-state index in [0.29, 0.717) is 19.0 Å². The van der Waals surface area contributed by atoms with Crippen molar-refractivity contribution in [2.24, 2.45) is 4.99 Å². The molecule has 0 bridgehead atoms. The molecule has 0 radical (unpaired) electrons. The Balaban J connectivity index is 0.00000320. The van der Waals surface area contributed by atoms with Gasteiger partial charge in [0, 0.05) is 43.8 Å². The fraction of sp³-hybridized carbons (Fsp3) is 0.273. The Labute approximate surface area is 192 Å². The molecule has 3 aromatic rings. The molecular weight excluding hydrogens is 496 g/mol. The largest absolute Gasteiger partial charge is 0.361 e. The minimum atomic E-state index is -0.304. The number of benzene rings is 2. The molecule has 0 saturated heterocycles. The lowest BCUT2D eigenvalue weighted by atomic mass is 10.1. The van der Waals surface area contributed by atoms with Gasteiger partial charge in [-0.25, -0.2) is 4.39 Å². The lowest BCUT2D eigenvalue weighted by molar-refractivity contribution is -0.120. The summed E-state index contributed by atoms with van der Waals surface area (Å²) in [7, 11) is 1.72. The number of hydrogen-bond acceptors (Lipinski definition) is 2. The number of rotatable bonds is 8. The first-order valence-electron chi connectivity index (χ1n) is 9.66. The highest BCUT2D eigenvalue weighted by atomic mass is 127. The summed E-state index contributed by atoms with van der Waals surface area (Å²) in [6.45, 7) is 1.78. The maximum atomic E-state index is 12.9. The maximum Gasteiger partial charge on any atom is 0.224 e. The number of aromatic amines is 1. The number of nitrogens with one attached hydrogen (secondary N) is 4. The van der Waals surface area contributed by atoms with Crippen molar-refractivity contribution >= 4 is 46.7 Å². The molecule has 0 atom stereocenters. The molecule has 4 N–H and O–H groups in total. The highest BCUT2D eigenvalue weighted by Crippen LogP contribution is 2.17. The zero-order chi connectivity index (χ0) is 20.5. The van der Waals surface area contributed by atoms with Gasteiger partial charge in [-0.1, -0.05) is 30.3 Å². The van der Waals surface area contributed by atoms with Crippen LogP contribution in [0.3, 0.4) is 0 Å². The third kappa shape index (κ3) is 7.01. The summed E-state index contributed by atoms with van der Waals surface area (Å²) in [6, 6.07) is 14.2. The Morgan fingerprint density at radius 1 is 1.00 bits per heavy atom. The second-order valence-electron chi connectivity index (χ2n) is 6.69.